The zero-order valence-corrected chi connectivity index (χ0v) is 58.1. The van der Waals surface area contributed by atoms with Crippen LogP contribution in [0.3, 0.4) is 0 Å². The first kappa shape index (κ1) is 59.8. The van der Waals surface area contributed by atoms with E-state index < -0.39 is 0 Å². The standard InChI is InChI=1S/C98H60N10/c1-3-23-61(24-4-1)96-100-97(62-25-5-2-6-26-62)102-98(101-96)63-43-48-95(108-93-51-46-66(105-87-39-19-11-31-73(87)74-32-12-20-40-88(74)105)58-79(93)80-59-67(47-52-94(80)108)106-89-41-21-13-33-75(89)76-34-14-22-42-90(76)106)81(55-63)82-60-68(53-54-99-82)107-91-49-44-64(103-83-35-15-7-27-69(83)70-28-8-16-36-84(70)103)56-77(91)78-57-65(45-50-92(78)107)104-85-37-17-9-29-71(85)72-30-10-18-38-86(72)104/h1-60H. The molecule has 23 rings (SSSR count). The SMILES string of the molecule is c1ccc(-c2nc(-c3ccccc3)nc(-c3ccc(-n4c5ccc(-n6c7ccccc7c7ccccc76)cc5c5cc(-n6c7ccccc7c7ccccc76)ccc54)c(-c4cc(-n5c6ccc(-n7c8ccccc8c8ccccc87)cc6c6cc(-n7c8ccccc8c8ccccc87)ccc65)ccn4)c3)n2)cc1. The zero-order chi connectivity index (χ0) is 70.7. The molecule has 0 saturated carbocycles. The van der Waals surface area contributed by atoms with Gasteiger partial charge < -0.3 is 27.4 Å². The molecule has 0 aliphatic carbocycles. The number of hydrogen-bond acceptors (Lipinski definition) is 4. The normalized spacial score (nSPS) is 12.1. The summed E-state index contributed by atoms with van der Waals surface area (Å²) in [6, 6.07) is 130. The maximum Gasteiger partial charge on any atom is 0.164 e. The lowest BCUT2D eigenvalue weighted by atomic mass is 10.0. The molecule has 8 aromatic heterocycles. The van der Waals surface area contributed by atoms with Gasteiger partial charge in [0.1, 0.15) is 0 Å². The van der Waals surface area contributed by atoms with Gasteiger partial charge in [0.25, 0.3) is 0 Å². The van der Waals surface area contributed by atoms with Gasteiger partial charge in [-0.15, -0.1) is 0 Å². The van der Waals surface area contributed by atoms with Crippen molar-refractivity contribution >= 4 is 131 Å². The van der Waals surface area contributed by atoms with Crippen LogP contribution < -0.4 is 0 Å². The van der Waals surface area contributed by atoms with E-state index in [1.165, 1.54) is 43.1 Å². The summed E-state index contributed by atoms with van der Waals surface area (Å²) in [5, 5.41) is 14.2. The lowest BCUT2D eigenvalue weighted by Crippen LogP contribution is -2.03. The molecule has 0 atom stereocenters. The quantitative estimate of drug-likeness (QED) is 0.137. The molecule has 0 radical (unpaired) electrons. The molecule has 0 aliphatic heterocycles. The first-order valence-corrected chi connectivity index (χ1v) is 36.7. The van der Waals surface area contributed by atoms with Gasteiger partial charge in [0, 0.05) is 122 Å². The van der Waals surface area contributed by atoms with Crippen molar-refractivity contribution in [1.29, 1.82) is 0 Å². The Morgan fingerprint density at radius 1 is 0.176 bits per heavy atom. The van der Waals surface area contributed by atoms with Gasteiger partial charge in [-0.1, -0.05) is 206 Å². The van der Waals surface area contributed by atoms with Crippen LogP contribution in [0.5, 0.6) is 0 Å². The van der Waals surface area contributed by atoms with Crippen LogP contribution in [0.4, 0.5) is 0 Å². The topological polar surface area (TPSA) is 81.1 Å². The molecule has 0 aliphatic rings. The summed E-state index contributed by atoms with van der Waals surface area (Å²) in [5.41, 5.74) is 23.9. The van der Waals surface area contributed by atoms with Crippen LogP contribution in [0.25, 0.3) is 210 Å². The highest BCUT2D eigenvalue weighted by molar-refractivity contribution is 6.17. The fourth-order valence-electron chi connectivity index (χ4n) is 17.6. The maximum atomic E-state index is 5.51. The summed E-state index contributed by atoms with van der Waals surface area (Å²) in [5.74, 6) is 1.71. The number of benzene rings is 15. The van der Waals surface area contributed by atoms with E-state index in [4.69, 9.17) is 19.9 Å². The third-order valence-electron chi connectivity index (χ3n) is 22.3. The summed E-state index contributed by atoms with van der Waals surface area (Å²) < 4.78 is 14.6. The molecule has 0 saturated heterocycles. The zero-order valence-electron chi connectivity index (χ0n) is 58.1. The highest BCUT2D eigenvalue weighted by atomic mass is 15.1. The molecule has 8 heterocycles. The average Bonchev–Trinajstić information content (AvgIpc) is 1.56. The number of pyridine rings is 1. The maximum absolute atomic E-state index is 5.51. The molecule has 0 spiro atoms. The lowest BCUT2D eigenvalue weighted by molar-refractivity contribution is 1.07. The smallest absolute Gasteiger partial charge is 0.164 e. The highest BCUT2D eigenvalue weighted by Crippen LogP contribution is 2.45. The highest BCUT2D eigenvalue weighted by Gasteiger charge is 2.26. The summed E-state index contributed by atoms with van der Waals surface area (Å²) in [6.45, 7) is 0. The Morgan fingerprint density at radius 3 is 0.750 bits per heavy atom. The summed E-state index contributed by atoms with van der Waals surface area (Å²) in [6.07, 6.45) is 1.98. The fourth-order valence-corrected chi connectivity index (χ4v) is 17.6. The largest absolute Gasteiger partial charge is 0.309 e. The molecule has 15 aromatic carbocycles. The van der Waals surface area contributed by atoms with E-state index in [0.29, 0.717) is 17.5 Å². The Labute approximate surface area is 618 Å². The van der Waals surface area contributed by atoms with Gasteiger partial charge in [-0.05, 0) is 152 Å². The van der Waals surface area contributed by atoms with E-state index in [1.54, 1.807) is 0 Å². The fraction of sp³-hybridized carbons (Fsp3) is 0. The van der Waals surface area contributed by atoms with Crippen molar-refractivity contribution in [1.82, 2.24) is 47.3 Å². The van der Waals surface area contributed by atoms with E-state index in [1.807, 2.05) is 42.6 Å². The van der Waals surface area contributed by atoms with Gasteiger partial charge in [-0.3, -0.25) is 4.98 Å². The number of hydrogen-bond donors (Lipinski definition) is 0. The second kappa shape index (κ2) is 23.4. The minimum atomic E-state index is 0.543. The predicted octanol–water partition coefficient (Wildman–Crippen LogP) is 24.5. The predicted molar refractivity (Wildman–Crippen MR) is 445 cm³/mol. The molecule has 10 nitrogen and oxygen atoms in total. The van der Waals surface area contributed by atoms with Crippen LogP contribution in [-0.2, 0) is 0 Å². The monoisotopic (exact) mass is 1380 g/mol. The molecule has 0 unspecified atom stereocenters. The van der Waals surface area contributed by atoms with Crippen molar-refractivity contribution in [3.63, 3.8) is 0 Å². The van der Waals surface area contributed by atoms with Crippen molar-refractivity contribution in [3.05, 3.63) is 364 Å². The molecule has 502 valence electrons. The van der Waals surface area contributed by atoms with Crippen molar-refractivity contribution in [2.45, 2.75) is 0 Å². The average molecular weight is 1380 g/mol. The van der Waals surface area contributed by atoms with Gasteiger partial charge in [0.05, 0.1) is 77.6 Å². The molecular formula is C98H60N10. The van der Waals surface area contributed by atoms with Gasteiger partial charge in [0.15, 0.2) is 17.5 Å². The van der Waals surface area contributed by atoms with Crippen LogP contribution >= 0.6 is 0 Å². The number of nitrogens with zero attached hydrogens (tertiary/aromatic N) is 10. The van der Waals surface area contributed by atoms with Crippen molar-refractivity contribution in [2.24, 2.45) is 0 Å². The Kier molecular flexibility index (Phi) is 12.9. The van der Waals surface area contributed by atoms with E-state index in [-0.39, 0.29) is 0 Å². The van der Waals surface area contributed by atoms with Crippen molar-refractivity contribution < 1.29 is 0 Å². The van der Waals surface area contributed by atoms with Crippen LogP contribution in [0, 0.1) is 0 Å². The molecule has 0 bridgehead atoms. The second-order valence-electron chi connectivity index (χ2n) is 28.1. The molecule has 0 fully saturated rings. The first-order chi connectivity index (χ1) is 53.6. The lowest BCUT2D eigenvalue weighted by Gasteiger charge is -2.17. The number of aromatic nitrogens is 10. The van der Waals surface area contributed by atoms with E-state index >= 15 is 0 Å². The summed E-state index contributed by atoms with van der Waals surface area (Å²) in [7, 11) is 0. The van der Waals surface area contributed by atoms with Crippen LogP contribution in [0.15, 0.2) is 364 Å². The van der Waals surface area contributed by atoms with Crippen LogP contribution in [-0.4, -0.2) is 47.3 Å². The van der Waals surface area contributed by atoms with Gasteiger partial charge in [-0.2, -0.15) is 0 Å². The Bertz CT molecular complexity index is 7080. The van der Waals surface area contributed by atoms with Crippen molar-refractivity contribution in [2.75, 3.05) is 0 Å². The number of para-hydroxylation sites is 8. The number of fused-ring (bicyclic) bond motifs is 18. The minimum absolute atomic E-state index is 0.543. The molecule has 0 amide bonds. The molecule has 23 aromatic rings. The minimum Gasteiger partial charge on any atom is -0.309 e. The molecular weight excluding hydrogens is 1320 g/mol. The van der Waals surface area contributed by atoms with E-state index in [2.05, 4.69) is 349 Å². The Balaban J connectivity index is 0.786. The summed E-state index contributed by atoms with van der Waals surface area (Å²) in [4.78, 5) is 21.4. The van der Waals surface area contributed by atoms with Gasteiger partial charge >= 0.3 is 0 Å². The van der Waals surface area contributed by atoms with Crippen molar-refractivity contribution in [3.8, 4) is 79.5 Å². The Hall–Kier alpha value is -14.7. The van der Waals surface area contributed by atoms with E-state index in [0.717, 1.165) is 150 Å². The van der Waals surface area contributed by atoms with Gasteiger partial charge in [-0.25, -0.2) is 15.0 Å². The molecule has 108 heavy (non-hydrogen) atoms. The molecule has 10 heteroatoms. The molecule has 0 N–H and O–H groups in total. The Morgan fingerprint density at radius 2 is 0.435 bits per heavy atom. The second-order valence-corrected chi connectivity index (χ2v) is 28.1. The third-order valence-corrected chi connectivity index (χ3v) is 22.3. The van der Waals surface area contributed by atoms with Crippen LogP contribution in [0.1, 0.15) is 0 Å². The number of rotatable bonds is 10. The first-order valence-electron chi connectivity index (χ1n) is 36.7. The third kappa shape index (κ3) is 8.95. The van der Waals surface area contributed by atoms with Crippen LogP contribution in [0.2, 0.25) is 0 Å². The van der Waals surface area contributed by atoms with Gasteiger partial charge in [0.2, 0.25) is 0 Å². The summed E-state index contributed by atoms with van der Waals surface area (Å²) >= 11 is 0. The van der Waals surface area contributed by atoms with E-state index in [9.17, 15) is 0 Å².